The highest BCUT2D eigenvalue weighted by atomic mass is 16.5. The van der Waals surface area contributed by atoms with Crippen molar-refractivity contribution >= 4 is 5.69 Å². The van der Waals surface area contributed by atoms with Crippen molar-refractivity contribution in [2.24, 2.45) is 5.73 Å². The minimum atomic E-state index is 0.625. The lowest BCUT2D eigenvalue weighted by molar-refractivity contribution is 0.410. The minimum Gasteiger partial charge on any atom is -0.496 e. The van der Waals surface area contributed by atoms with Crippen LogP contribution in [0, 0.1) is 0 Å². The van der Waals surface area contributed by atoms with Gasteiger partial charge in [0.15, 0.2) is 0 Å². The van der Waals surface area contributed by atoms with Gasteiger partial charge in [0.1, 0.15) is 5.75 Å². The third kappa shape index (κ3) is 1.89. The number of hydrogen-bond donors (Lipinski definition) is 2. The number of rotatable bonds is 3. The molecular formula is C9H14N2O. The van der Waals surface area contributed by atoms with Gasteiger partial charge in [0.05, 0.1) is 7.11 Å². The smallest absolute Gasteiger partial charge is 0.124 e. The Balaban J connectivity index is 2.94. The van der Waals surface area contributed by atoms with Crippen molar-refractivity contribution in [1.82, 2.24) is 0 Å². The number of methoxy groups -OCH3 is 1. The molecule has 0 atom stereocenters. The molecule has 0 radical (unpaired) electrons. The molecule has 0 aromatic heterocycles. The van der Waals surface area contributed by atoms with Crippen LogP contribution in [0.1, 0.15) is 5.56 Å². The standard InChI is InChI=1S/C9H14N2O/c1-12-9-6-8(11)3-2-7(9)4-5-10/h2-3,6H,4-5,10-11H2,1H3. The number of ether oxygens (including phenoxy) is 1. The van der Waals surface area contributed by atoms with Crippen molar-refractivity contribution in [3.05, 3.63) is 23.8 Å². The van der Waals surface area contributed by atoms with Crippen LogP contribution in [0.5, 0.6) is 5.75 Å². The molecule has 66 valence electrons. The Labute approximate surface area is 72.3 Å². The van der Waals surface area contributed by atoms with E-state index in [-0.39, 0.29) is 0 Å². The Morgan fingerprint density at radius 3 is 2.75 bits per heavy atom. The monoisotopic (exact) mass is 166 g/mol. The van der Waals surface area contributed by atoms with Crippen molar-refractivity contribution in [1.29, 1.82) is 0 Å². The normalized spacial score (nSPS) is 9.83. The van der Waals surface area contributed by atoms with Gasteiger partial charge in [-0.2, -0.15) is 0 Å². The second-order valence-corrected chi connectivity index (χ2v) is 2.61. The lowest BCUT2D eigenvalue weighted by Crippen LogP contribution is -2.04. The van der Waals surface area contributed by atoms with Crippen LogP contribution in [-0.4, -0.2) is 13.7 Å². The Bertz CT molecular complexity index is 261. The molecule has 0 aliphatic carbocycles. The van der Waals surface area contributed by atoms with Crippen LogP contribution in [0.2, 0.25) is 0 Å². The summed E-state index contributed by atoms with van der Waals surface area (Å²) in [6, 6.07) is 5.61. The van der Waals surface area contributed by atoms with E-state index < -0.39 is 0 Å². The largest absolute Gasteiger partial charge is 0.496 e. The van der Waals surface area contributed by atoms with Gasteiger partial charge in [0, 0.05) is 11.8 Å². The molecule has 0 aliphatic heterocycles. The lowest BCUT2D eigenvalue weighted by atomic mass is 10.1. The number of nitrogens with two attached hydrogens (primary N) is 2. The molecule has 0 fully saturated rings. The second-order valence-electron chi connectivity index (χ2n) is 2.61. The number of benzene rings is 1. The summed E-state index contributed by atoms with van der Waals surface area (Å²) in [6.07, 6.45) is 0.823. The van der Waals surface area contributed by atoms with Gasteiger partial charge in [-0.05, 0) is 24.6 Å². The van der Waals surface area contributed by atoms with Crippen molar-refractivity contribution < 1.29 is 4.74 Å². The molecule has 0 heterocycles. The first-order valence-corrected chi connectivity index (χ1v) is 3.90. The number of nitrogen functional groups attached to an aromatic ring is 1. The maximum atomic E-state index is 5.59. The molecule has 0 saturated heterocycles. The average Bonchev–Trinajstić information content (AvgIpc) is 2.08. The quantitative estimate of drug-likeness (QED) is 0.652. The molecule has 1 aromatic rings. The molecule has 1 rings (SSSR count). The summed E-state index contributed by atoms with van der Waals surface area (Å²) >= 11 is 0. The Hall–Kier alpha value is -1.22. The highest BCUT2D eigenvalue weighted by molar-refractivity contribution is 5.48. The molecule has 0 spiro atoms. The maximum absolute atomic E-state index is 5.59. The molecule has 0 saturated carbocycles. The van der Waals surface area contributed by atoms with Crippen LogP contribution in [-0.2, 0) is 6.42 Å². The van der Waals surface area contributed by atoms with E-state index in [1.165, 1.54) is 0 Å². The van der Waals surface area contributed by atoms with E-state index in [0.717, 1.165) is 17.7 Å². The summed E-state index contributed by atoms with van der Waals surface area (Å²) in [5.74, 6) is 0.820. The van der Waals surface area contributed by atoms with Crippen LogP contribution >= 0.6 is 0 Å². The fourth-order valence-corrected chi connectivity index (χ4v) is 1.12. The van der Waals surface area contributed by atoms with Crippen LogP contribution in [0.25, 0.3) is 0 Å². The van der Waals surface area contributed by atoms with Gasteiger partial charge in [-0.3, -0.25) is 0 Å². The van der Waals surface area contributed by atoms with Gasteiger partial charge < -0.3 is 16.2 Å². The van der Waals surface area contributed by atoms with Crippen molar-refractivity contribution in [3.63, 3.8) is 0 Å². The molecule has 3 heteroatoms. The zero-order valence-corrected chi connectivity index (χ0v) is 7.21. The van der Waals surface area contributed by atoms with E-state index in [0.29, 0.717) is 12.2 Å². The van der Waals surface area contributed by atoms with Crippen molar-refractivity contribution in [2.75, 3.05) is 19.4 Å². The molecule has 0 unspecified atom stereocenters. The van der Waals surface area contributed by atoms with Gasteiger partial charge in [0.25, 0.3) is 0 Å². The van der Waals surface area contributed by atoms with Gasteiger partial charge in [0.2, 0.25) is 0 Å². The molecule has 1 aromatic carbocycles. The van der Waals surface area contributed by atoms with Gasteiger partial charge in [-0.25, -0.2) is 0 Å². The van der Waals surface area contributed by atoms with Gasteiger partial charge >= 0.3 is 0 Å². The molecule has 0 bridgehead atoms. The van der Waals surface area contributed by atoms with E-state index >= 15 is 0 Å². The first-order valence-electron chi connectivity index (χ1n) is 3.90. The summed E-state index contributed by atoms with van der Waals surface area (Å²) in [4.78, 5) is 0. The number of anilines is 1. The topological polar surface area (TPSA) is 61.3 Å². The van der Waals surface area contributed by atoms with E-state index in [9.17, 15) is 0 Å². The van der Waals surface area contributed by atoms with Crippen LogP contribution in [0.15, 0.2) is 18.2 Å². The fraction of sp³-hybridized carbons (Fsp3) is 0.333. The third-order valence-electron chi connectivity index (χ3n) is 1.72. The molecule has 3 nitrogen and oxygen atoms in total. The van der Waals surface area contributed by atoms with Crippen LogP contribution in [0.4, 0.5) is 5.69 Å². The molecule has 0 amide bonds. The summed E-state index contributed by atoms with van der Waals surface area (Å²) in [7, 11) is 1.63. The predicted octanol–water partition coefficient (Wildman–Crippen LogP) is 0.779. The highest BCUT2D eigenvalue weighted by Gasteiger charge is 2.01. The zero-order chi connectivity index (χ0) is 8.97. The predicted molar refractivity (Wildman–Crippen MR) is 50.2 cm³/mol. The third-order valence-corrected chi connectivity index (χ3v) is 1.72. The Kier molecular flexibility index (Phi) is 2.94. The van der Waals surface area contributed by atoms with E-state index in [1.807, 2.05) is 18.2 Å². The summed E-state index contributed by atoms with van der Waals surface area (Å²) in [5.41, 5.74) is 12.8. The summed E-state index contributed by atoms with van der Waals surface area (Å²) in [6.45, 7) is 0.625. The number of hydrogen-bond acceptors (Lipinski definition) is 3. The van der Waals surface area contributed by atoms with Crippen molar-refractivity contribution in [2.45, 2.75) is 6.42 Å². The molecule has 12 heavy (non-hydrogen) atoms. The SMILES string of the molecule is COc1cc(N)ccc1CCN. The Morgan fingerprint density at radius 1 is 1.42 bits per heavy atom. The second kappa shape index (κ2) is 3.97. The Morgan fingerprint density at radius 2 is 2.17 bits per heavy atom. The average molecular weight is 166 g/mol. The van der Waals surface area contributed by atoms with E-state index in [2.05, 4.69) is 0 Å². The summed E-state index contributed by atoms with van der Waals surface area (Å²) in [5, 5.41) is 0. The van der Waals surface area contributed by atoms with Crippen LogP contribution < -0.4 is 16.2 Å². The van der Waals surface area contributed by atoms with Crippen molar-refractivity contribution in [3.8, 4) is 5.75 Å². The molecule has 4 N–H and O–H groups in total. The lowest BCUT2D eigenvalue weighted by Gasteiger charge is -2.07. The fourth-order valence-electron chi connectivity index (χ4n) is 1.12. The summed E-state index contributed by atoms with van der Waals surface area (Å²) < 4.78 is 5.14. The maximum Gasteiger partial charge on any atom is 0.124 e. The molecule has 0 aliphatic rings. The van der Waals surface area contributed by atoms with Gasteiger partial charge in [-0.1, -0.05) is 6.07 Å². The van der Waals surface area contributed by atoms with E-state index in [4.69, 9.17) is 16.2 Å². The zero-order valence-electron chi connectivity index (χ0n) is 7.21. The highest BCUT2D eigenvalue weighted by Crippen LogP contribution is 2.21. The first-order chi connectivity index (χ1) is 5.77. The first kappa shape index (κ1) is 8.87. The minimum absolute atomic E-state index is 0.625. The molecular weight excluding hydrogens is 152 g/mol. The van der Waals surface area contributed by atoms with Gasteiger partial charge in [-0.15, -0.1) is 0 Å². The van der Waals surface area contributed by atoms with Crippen LogP contribution in [0.3, 0.4) is 0 Å². The van der Waals surface area contributed by atoms with E-state index in [1.54, 1.807) is 7.11 Å².